The summed E-state index contributed by atoms with van der Waals surface area (Å²) in [6.07, 6.45) is 0.569. The van der Waals surface area contributed by atoms with Gasteiger partial charge in [-0.3, -0.25) is 0 Å². The number of nitrogens with zero attached hydrogens (tertiary/aromatic N) is 1. The molecular formula is C14H19NO2. The second kappa shape index (κ2) is 4.40. The van der Waals surface area contributed by atoms with E-state index < -0.39 is 0 Å². The predicted octanol–water partition coefficient (Wildman–Crippen LogP) is 2.78. The molecule has 1 aromatic carbocycles. The predicted molar refractivity (Wildman–Crippen MR) is 68.4 cm³/mol. The molecule has 1 aromatic rings. The van der Waals surface area contributed by atoms with E-state index in [1.807, 2.05) is 18.2 Å². The highest BCUT2D eigenvalue weighted by molar-refractivity contribution is 5.80. The fraction of sp³-hybridized carbons (Fsp3) is 0.500. The van der Waals surface area contributed by atoms with Crippen molar-refractivity contribution in [3.8, 4) is 5.75 Å². The second-order valence-electron chi connectivity index (χ2n) is 5.52. The van der Waals surface area contributed by atoms with E-state index in [1.54, 1.807) is 6.07 Å². The third-order valence-electron chi connectivity index (χ3n) is 3.04. The number of phenolic OH excluding ortho intramolecular Hbond substituents is 1. The normalized spacial score (nSPS) is 19.9. The van der Waals surface area contributed by atoms with Crippen molar-refractivity contribution in [1.82, 2.24) is 0 Å². The van der Waals surface area contributed by atoms with Crippen molar-refractivity contribution < 1.29 is 9.84 Å². The van der Waals surface area contributed by atoms with Gasteiger partial charge in [-0.25, -0.2) is 4.99 Å². The number of aliphatic imine (C=N–C) groups is 1. The summed E-state index contributed by atoms with van der Waals surface area (Å²) in [7, 11) is 0. The molecule has 0 aliphatic carbocycles. The van der Waals surface area contributed by atoms with Crippen molar-refractivity contribution in [3.05, 3.63) is 29.8 Å². The first-order valence-corrected chi connectivity index (χ1v) is 5.93. The van der Waals surface area contributed by atoms with Crippen molar-refractivity contribution in [3.63, 3.8) is 0 Å². The SMILES string of the molecule is CC(C)(C)C1COC(Cc2ccccc2O)=N1. The largest absolute Gasteiger partial charge is 0.508 e. The maximum atomic E-state index is 9.69. The van der Waals surface area contributed by atoms with Gasteiger partial charge in [0.05, 0.1) is 12.5 Å². The van der Waals surface area contributed by atoms with Gasteiger partial charge in [0, 0.05) is 5.56 Å². The Morgan fingerprint density at radius 1 is 1.35 bits per heavy atom. The summed E-state index contributed by atoms with van der Waals surface area (Å²) in [5, 5.41) is 9.69. The molecule has 0 saturated carbocycles. The van der Waals surface area contributed by atoms with E-state index in [0.717, 1.165) is 11.5 Å². The summed E-state index contributed by atoms with van der Waals surface area (Å²) >= 11 is 0. The molecule has 0 spiro atoms. The first-order valence-electron chi connectivity index (χ1n) is 5.93. The third-order valence-corrected chi connectivity index (χ3v) is 3.04. The van der Waals surface area contributed by atoms with E-state index >= 15 is 0 Å². The van der Waals surface area contributed by atoms with Gasteiger partial charge in [0.1, 0.15) is 12.4 Å². The van der Waals surface area contributed by atoms with Gasteiger partial charge in [0.2, 0.25) is 0 Å². The molecular weight excluding hydrogens is 214 g/mol. The Balaban J connectivity index is 2.09. The lowest BCUT2D eigenvalue weighted by Crippen LogP contribution is -2.25. The average Bonchev–Trinajstić information content (AvgIpc) is 2.69. The zero-order chi connectivity index (χ0) is 12.5. The fourth-order valence-corrected chi connectivity index (χ4v) is 1.79. The first kappa shape index (κ1) is 12.0. The smallest absolute Gasteiger partial charge is 0.188 e. The molecule has 1 aliphatic heterocycles. The number of benzene rings is 1. The van der Waals surface area contributed by atoms with Crippen LogP contribution in [0.4, 0.5) is 0 Å². The summed E-state index contributed by atoms with van der Waals surface area (Å²) in [4.78, 5) is 4.58. The van der Waals surface area contributed by atoms with E-state index in [0.29, 0.717) is 18.8 Å². The molecule has 3 heteroatoms. The van der Waals surface area contributed by atoms with Crippen molar-refractivity contribution in [2.24, 2.45) is 10.4 Å². The maximum Gasteiger partial charge on any atom is 0.188 e. The Bertz CT molecular complexity index is 432. The number of hydrogen-bond acceptors (Lipinski definition) is 3. The fourth-order valence-electron chi connectivity index (χ4n) is 1.79. The van der Waals surface area contributed by atoms with E-state index in [2.05, 4.69) is 25.8 Å². The average molecular weight is 233 g/mol. The Hall–Kier alpha value is -1.51. The summed E-state index contributed by atoms with van der Waals surface area (Å²) < 4.78 is 5.59. The Labute approximate surface area is 102 Å². The van der Waals surface area contributed by atoms with E-state index in [-0.39, 0.29) is 11.5 Å². The molecule has 1 atom stereocenters. The number of ether oxygens (including phenoxy) is 1. The molecule has 0 aromatic heterocycles. The highest BCUT2D eigenvalue weighted by Gasteiger charge is 2.30. The van der Waals surface area contributed by atoms with Crippen molar-refractivity contribution in [2.45, 2.75) is 33.2 Å². The van der Waals surface area contributed by atoms with Gasteiger partial charge in [-0.15, -0.1) is 0 Å². The van der Waals surface area contributed by atoms with Crippen molar-refractivity contribution >= 4 is 5.90 Å². The van der Waals surface area contributed by atoms with Crippen LogP contribution in [0.15, 0.2) is 29.3 Å². The van der Waals surface area contributed by atoms with E-state index in [1.165, 1.54) is 0 Å². The molecule has 1 aliphatic rings. The topological polar surface area (TPSA) is 41.8 Å². The summed E-state index contributed by atoms with van der Waals surface area (Å²) in [5.41, 5.74) is 0.987. The van der Waals surface area contributed by atoms with Gasteiger partial charge in [-0.2, -0.15) is 0 Å². The van der Waals surface area contributed by atoms with Crippen LogP contribution in [0, 0.1) is 5.41 Å². The molecule has 0 amide bonds. The van der Waals surface area contributed by atoms with Gasteiger partial charge in [0.25, 0.3) is 0 Å². The van der Waals surface area contributed by atoms with Gasteiger partial charge in [-0.1, -0.05) is 39.0 Å². The zero-order valence-corrected chi connectivity index (χ0v) is 10.6. The molecule has 0 fully saturated rings. The van der Waals surface area contributed by atoms with Gasteiger partial charge < -0.3 is 9.84 Å². The Morgan fingerprint density at radius 3 is 2.65 bits per heavy atom. The summed E-state index contributed by atoms with van der Waals surface area (Å²) in [6.45, 7) is 7.13. The lowest BCUT2D eigenvalue weighted by Gasteiger charge is -2.21. The van der Waals surface area contributed by atoms with E-state index in [9.17, 15) is 5.11 Å². The number of para-hydroxylation sites is 1. The standard InChI is InChI=1S/C14H19NO2/c1-14(2,3)12-9-17-13(15-12)8-10-6-4-5-7-11(10)16/h4-7,12,16H,8-9H2,1-3H3. The van der Waals surface area contributed by atoms with Crippen LogP contribution in [0.25, 0.3) is 0 Å². The number of aromatic hydroxyl groups is 1. The van der Waals surface area contributed by atoms with Crippen LogP contribution >= 0.6 is 0 Å². The summed E-state index contributed by atoms with van der Waals surface area (Å²) in [6, 6.07) is 7.51. The summed E-state index contributed by atoms with van der Waals surface area (Å²) in [5.74, 6) is 1.03. The van der Waals surface area contributed by atoms with Crippen LogP contribution in [0.1, 0.15) is 26.3 Å². The molecule has 92 valence electrons. The molecule has 0 bridgehead atoms. The van der Waals surface area contributed by atoms with Crippen molar-refractivity contribution in [1.29, 1.82) is 0 Å². The van der Waals surface area contributed by atoms with Crippen LogP contribution in [-0.2, 0) is 11.2 Å². The number of rotatable bonds is 2. The lowest BCUT2D eigenvalue weighted by molar-refractivity contribution is 0.233. The van der Waals surface area contributed by atoms with Gasteiger partial charge in [0.15, 0.2) is 5.90 Å². The molecule has 17 heavy (non-hydrogen) atoms. The van der Waals surface area contributed by atoms with Crippen LogP contribution in [0.2, 0.25) is 0 Å². The quantitative estimate of drug-likeness (QED) is 0.853. The van der Waals surface area contributed by atoms with Crippen LogP contribution in [-0.4, -0.2) is 23.7 Å². The number of phenols is 1. The highest BCUT2D eigenvalue weighted by Crippen LogP contribution is 2.27. The molecule has 2 rings (SSSR count). The Kier molecular flexibility index (Phi) is 3.09. The van der Waals surface area contributed by atoms with Gasteiger partial charge >= 0.3 is 0 Å². The lowest BCUT2D eigenvalue weighted by atomic mass is 9.88. The highest BCUT2D eigenvalue weighted by atomic mass is 16.5. The maximum absolute atomic E-state index is 9.69. The Morgan fingerprint density at radius 2 is 2.06 bits per heavy atom. The minimum Gasteiger partial charge on any atom is -0.508 e. The monoisotopic (exact) mass is 233 g/mol. The van der Waals surface area contributed by atoms with Crippen molar-refractivity contribution in [2.75, 3.05) is 6.61 Å². The molecule has 1 unspecified atom stereocenters. The van der Waals surface area contributed by atoms with Crippen LogP contribution < -0.4 is 0 Å². The van der Waals surface area contributed by atoms with Crippen LogP contribution in [0.3, 0.4) is 0 Å². The minimum atomic E-state index is 0.125. The molecule has 1 heterocycles. The third kappa shape index (κ3) is 2.78. The molecule has 1 N–H and O–H groups in total. The molecule has 3 nitrogen and oxygen atoms in total. The molecule has 0 saturated heterocycles. The first-order chi connectivity index (χ1) is 7.97. The zero-order valence-electron chi connectivity index (χ0n) is 10.6. The van der Waals surface area contributed by atoms with Crippen LogP contribution in [0.5, 0.6) is 5.75 Å². The van der Waals surface area contributed by atoms with E-state index in [4.69, 9.17) is 4.74 Å². The molecule has 0 radical (unpaired) electrons. The minimum absolute atomic E-state index is 0.125. The van der Waals surface area contributed by atoms with Gasteiger partial charge in [-0.05, 0) is 11.5 Å². The second-order valence-corrected chi connectivity index (χ2v) is 5.52. The number of hydrogen-bond donors (Lipinski definition) is 1.